The second-order valence-electron chi connectivity index (χ2n) is 1.93. The fraction of sp³-hybridized carbons (Fsp3) is 0. The van der Waals surface area contributed by atoms with Gasteiger partial charge in [-0.15, -0.1) is 0 Å². The molecule has 0 aliphatic carbocycles. The molecule has 14 heavy (non-hydrogen) atoms. The van der Waals surface area contributed by atoms with Gasteiger partial charge < -0.3 is 17.3 Å². The average molecular weight is 240 g/mol. The van der Waals surface area contributed by atoms with Gasteiger partial charge in [-0.3, -0.25) is 0 Å². The summed E-state index contributed by atoms with van der Waals surface area (Å²) in [7, 11) is -6.00. The number of hydrogen-bond acceptors (Lipinski definition) is 1. The zero-order valence-electron chi connectivity index (χ0n) is 6.87. The Labute approximate surface area is 92.9 Å². The summed E-state index contributed by atoms with van der Waals surface area (Å²) in [5.74, 6) is 0. The molecule has 1 rings (SSSR count). The SMILES string of the molecule is F[B-](F)(F)F.N#[N+]c1ccccc1.[Ti]. The second kappa shape index (κ2) is 7.53. The smallest absolute Gasteiger partial charge is 0.418 e. The molecule has 0 N–H and O–H groups in total. The summed E-state index contributed by atoms with van der Waals surface area (Å²) < 4.78 is 39.0. The molecule has 74 valence electrons. The molecule has 0 bridgehead atoms. The maximum atomic E-state index is 9.75. The largest absolute Gasteiger partial charge is 0.673 e. The molecular weight excluding hydrogens is 235 g/mol. The molecule has 0 aliphatic heterocycles. The Morgan fingerprint density at radius 1 is 1.00 bits per heavy atom. The van der Waals surface area contributed by atoms with Crippen LogP contribution < -0.4 is 0 Å². The summed E-state index contributed by atoms with van der Waals surface area (Å²) >= 11 is 0. The van der Waals surface area contributed by atoms with Crippen LogP contribution in [0.15, 0.2) is 30.3 Å². The number of hydrogen-bond donors (Lipinski definition) is 0. The molecule has 0 radical (unpaired) electrons. The van der Waals surface area contributed by atoms with Crippen LogP contribution in [0, 0.1) is 5.39 Å². The number of nitrogens with zero attached hydrogens (tertiary/aromatic N) is 2. The van der Waals surface area contributed by atoms with E-state index in [2.05, 4.69) is 4.98 Å². The van der Waals surface area contributed by atoms with E-state index >= 15 is 0 Å². The van der Waals surface area contributed by atoms with Crippen LogP contribution in [0.5, 0.6) is 0 Å². The van der Waals surface area contributed by atoms with Gasteiger partial charge in [-0.25, -0.2) is 0 Å². The Morgan fingerprint density at radius 3 is 1.57 bits per heavy atom. The Hall–Kier alpha value is -0.861. The zero-order valence-corrected chi connectivity index (χ0v) is 8.43. The molecule has 0 heterocycles. The Balaban J connectivity index is 0. The van der Waals surface area contributed by atoms with E-state index in [4.69, 9.17) is 5.39 Å². The van der Waals surface area contributed by atoms with Crippen LogP contribution in [0.1, 0.15) is 0 Å². The number of benzene rings is 1. The molecule has 0 atom stereocenters. The summed E-state index contributed by atoms with van der Waals surface area (Å²) in [6.45, 7) is 0. The van der Waals surface area contributed by atoms with E-state index in [9.17, 15) is 17.3 Å². The third-order valence-electron chi connectivity index (χ3n) is 0.872. The van der Waals surface area contributed by atoms with Crippen molar-refractivity contribution in [2.75, 3.05) is 0 Å². The van der Waals surface area contributed by atoms with Gasteiger partial charge in [-0.1, -0.05) is 18.2 Å². The van der Waals surface area contributed by atoms with Crippen LogP contribution in [0.25, 0.3) is 4.98 Å². The molecule has 0 aromatic heterocycles. The van der Waals surface area contributed by atoms with E-state index in [-0.39, 0.29) is 21.7 Å². The van der Waals surface area contributed by atoms with Gasteiger partial charge in [0.05, 0.1) is 0 Å². The summed E-state index contributed by atoms with van der Waals surface area (Å²) in [6, 6.07) is 8.94. The van der Waals surface area contributed by atoms with Gasteiger partial charge in [0, 0.05) is 33.9 Å². The number of diazo groups is 1. The first-order valence-electron chi connectivity index (χ1n) is 3.21. The first-order valence-corrected chi connectivity index (χ1v) is 3.21. The maximum Gasteiger partial charge on any atom is 0.673 e. The van der Waals surface area contributed by atoms with Crippen LogP contribution in [0.4, 0.5) is 23.0 Å². The van der Waals surface area contributed by atoms with Crippen molar-refractivity contribution >= 4 is 12.9 Å². The fourth-order valence-corrected chi connectivity index (χ4v) is 0.495. The average Bonchev–Trinajstić information content (AvgIpc) is 2.03. The van der Waals surface area contributed by atoms with E-state index < -0.39 is 7.25 Å². The predicted molar refractivity (Wildman–Crippen MR) is 41.4 cm³/mol. The number of rotatable bonds is 0. The van der Waals surface area contributed by atoms with Crippen molar-refractivity contribution < 1.29 is 39.0 Å². The van der Waals surface area contributed by atoms with E-state index in [1.165, 1.54) is 0 Å². The minimum absolute atomic E-state index is 0. The van der Waals surface area contributed by atoms with Gasteiger partial charge in [0.2, 0.25) is 5.39 Å². The molecule has 1 aromatic rings. The van der Waals surface area contributed by atoms with Crippen molar-refractivity contribution in [1.29, 1.82) is 5.39 Å². The van der Waals surface area contributed by atoms with Gasteiger partial charge in [0.1, 0.15) is 0 Å². The quantitative estimate of drug-likeness (QED) is 0.387. The maximum absolute atomic E-state index is 9.75. The molecule has 0 aliphatic rings. The Kier molecular flexibility index (Phi) is 8.40. The van der Waals surface area contributed by atoms with Crippen LogP contribution in [-0.2, 0) is 21.7 Å². The van der Waals surface area contributed by atoms with Crippen molar-refractivity contribution in [1.82, 2.24) is 0 Å². The molecule has 0 fully saturated rings. The van der Waals surface area contributed by atoms with Gasteiger partial charge in [-0.05, 0) is 0 Å². The summed E-state index contributed by atoms with van der Waals surface area (Å²) in [5.41, 5.74) is 0.590. The molecule has 0 unspecified atom stereocenters. The van der Waals surface area contributed by atoms with Crippen LogP contribution in [0.3, 0.4) is 0 Å². The number of halogens is 4. The molecule has 8 heteroatoms. The summed E-state index contributed by atoms with van der Waals surface area (Å²) in [6.07, 6.45) is 0. The van der Waals surface area contributed by atoms with Gasteiger partial charge in [0.15, 0.2) is 4.98 Å². The molecule has 2 nitrogen and oxygen atoms in total. The van der Waals surface area contributed by atoms with Crippen LogP contribution in [-0.4, -0.2) is 7.25 Å². The second-order valence-corrected chi connectivity index (χ2v) is 1.93. The van der Waals surface area contributed by atoms with E-state index in [1.807, 2.05) is 18.2 Å². The van der Waals surface area contributed by atoms with Gasteiger partial charge in [-0.2, -0.15) is 0 Å². The third kappa shape index (κ3) is 13.7. The molecule has 1 aromatic carbocycles. The molecule has 0 saturated carbocycles. The predicted octanol–water partition coefficient (Wildman–Crippen LogP) is 3.47. The van der Waals surface area contributed by atoms with Crippen molar-refractivity contribution in [3.05, 3.63) is 35.3 Å². The van der Waals surface area contributed by atoms with Crippen molar-refractivity contribution in [2.45, 2.75) is 0 Å². The minimum atomic E-state index is -6.00. The van der Waals surface area contributed by atoms with Crippen molar-refractivity contribution in [3.63, 3.8) is 0 Å². The van der Waals surface area contributed by atoms with Crippen molar-refractivity contribution in [2.24, 2.45) is 0 Å². The fourth-order valence-electron chi connectivity index (χ4n) is 0.495. The van der Waals surface area contributed by atoms with Crippen molar-refractivity contribution in [3.8, 4) is 0 Å². The molecule has 0 spiro atoms. The summed E-state index contributed by atoms with van der Waals surface area (Å²) in [5, 5.41) is 8.16. The van der Waals surface area contributed by atoms with E-state index in [0.717, 1.165) is 0 Å². The van der Waals surface area contributed by atoms with Gasteiger partial charge >= 0.3 is 12.9 Å². The van der Waals surface area contributed by atoms with Crippen LogP contribution in [0.2, 0.25) is 0 Å². The zero-order chi connectivity index (χ0) is 10.3. The monoisotopic (exact) mass is 240 g/mol. The Morgan fingerprint density at radius 2 is 1.36 bits per heavy atom. The third-order valence-corrected chi connectivity index (χ3v) is 0.872. The standard InChI is InChI=1S/C6H5N2.BF4.Ti/c7-8-6-4-2-1-3-5-6;2-1(3,4)5;/h1-5H;;/q+1;-1;. The topological polar surface area (TPSA) is 28.1 Å². The first kappa shape index (κ1) is 15.6. The Bertz CT molecular complexity index is 278. The molecule has 0 saturated heterocycles. The first-order chi connectivity index (χ1) is 5.93. The summed E-state index contributed by atoms with van der Waals surface area (Å²) in [4.78, 5) is 2.97. The van der Waals surface area contributed by atoms with E-state index in [1.54, 1.807) is 12.1 Å². The van der Waals surface area contributed by atoms with Gasteiger partial charge in [0.25, 0.3) is 0 Å². The molecule has 0 amide bonds. The van der Waals surface area contributed by atoms with E-state index in [0.29, 0.717) is 5.69 Å². The van der Waals surface area contributed by atoms with Crippen LogP contribution >= 0.6 is 0 Å². The minimum Gasteiger partial charge on any atom is -0.418 e. The normalized spacial score (nSPS) is 8.79. The molecular formula is C6H5BF4N2Ti.